The number of hydrogen-bond acceptors (Lipinski definition) is 3. The van der Waals surface area contributed by atoms with E-state index >= 15 is 0 Å². The average molecular weight is 259 g/mol. The summed E-state index contributed by atoms with van der Waals surface area (Å²) in [6.45, 7) is 0.717. The van der Waals surface area contributed by atoms with E-state index < -0.39 is 17.3 Å². The summed E-state index contributed by atoms with van der Waals surface area (Å²) < 4.78 is 13.0. The van der Waals surface area contributed by atoms with Crippen LogP contribution in [-0.4, -0.2) is 29.7 Å². The van der Waals surface area contributed by atoms with Gasteiger partial charge in [0.2, 0.25) is 0 Å². The molecule has 0 bridgehead atoms. The topological polar surface area (TPSA) is 66.6 Å². The normalized spacial score (nSPS) is 24.1. The second kappa shape index (κ2) is 4.16. The first-order valence-electron chi connectivity index (χ1n) is 5.15. The number of nitrogens with two attached hydrogens (primary N) is 1. The van der Waals surface area contributed by atoms with E-state index in [0.29, 0.717) is 18.7 Å². The van der Waals surface area contributed by atoms with Crippen molar-refractivity contribution in [3.63, 3.8) is 0 Å². The summed E-state index contributed by atoms with van der Waals surface area (Å²) in [5.74, 6) is -1.51. The van der Waals surface area contributed by atoms with Crippen LogP contribution in [0, 0.1) is 5.82 Å². The molecular weight excluding hydrogens is 247 g/mol. The van der Waals surface area contributed by atoms with Gasteiger partial charge >= 0.3 is 5.97 Å². The Labute approximate surface area is 103 Å². The fourth-order valence-electron chi connectivity index (χ4n) is 1.91. The Bertz CT molecular complexity index is 469. The number of nitrogens with zero attached hydrogens (tertiary/aromatic N) is 1. The number of halogens is 2. The first kappa shape index (κ1) is 12.1. The number of benzene rings is 1. The molecule has 0 aliphatic carbocycles. The maximum atomic E-state index is 13.0. The first-order valence-corrected chi connectivity index (χ1v) is 5.52. The van der Waals surface area contributed by atoms with Crippen LogP contribution in [0.3, 0.4) is 0 Å². The lowest BCUT2D eigenvalue weighted by atomic mass is 10.0. The molecule has 1 fully saturated rings. The minimum absolute atomic E-state index is 0.0207. The number of hydrogen-bond donors (Lipinski definition) is 2. The largest absolute Gasteiger partial charge is 0.480 e. The van der Waals surface area contributed by atoms with E-state index in [9.17, 15) is 9.18 Å². The van der Waals surface area contributed by atoms with Crippen molar-refractivity contribution in [2.75, 3.05) is 18.0 Å². The van der Waals surface area contributed by atoms with Gasteiger partial charge in [-0.3, -0.25) is 4.79 Å². The molecule has 1 aliphatic rings. The van der Waals surface area contributed by atoms with Crippen molar-refractivity contribution >= 4 is 23.3 Å². The summed E-state index contributed by atoms with van der Waals surface area (Å²) >= 11 is 5.68. The Balaban J connectivity index is 2.21. The monoisotopic (exact) mass is 258 g/mol. The van der Waals surface area contributed by atoms with Gasteiger partial charge in [0, 0.05) is 18.8 Å². The molecule has 0 spiro atoms. The van der Waals surface area contributed by atoms with E-state index in [2.05, 4.69) is 0 Å². The number of carboxylic acids is 1. The van der Waals surface area contributed by atoms with Crippen LogP contribution in [0.15, 0.2) is 18.2 Å². The Morgan fingerprint density at radius 1 is 1.59 bits per heavy atom. The van der Waals surface area contributed by atoms with Crippen molar-refractivity contribution < 1.29 is 14.3 Å². The number of carboxylic acid groups (broad SMARTS) is 1. The molecular formula is C11H12ClFN2O2. The molecule has 1 aromatic rings. The number of carbonyl (C=O) groups is 1. The molecule has 1 unspecified atom stereocenters. The lowest BCUT2D eigenvalue weighted by Gasteiger charge is -2.21. The van der Waals surface area contributed by atoms with Gasteiger partial charge in [0.05, 0.1) is 5.02 Å². The molecule has 1 heterocycles. The summed E-state index contributed by atoms with van der Waals surface area (Å²) in [5, 5.41) is 9.02. The molecule has 1 aliphatic heterocycles. The quantitative estimate of drug-likeness (QED) is 0.843. The van der Waals surface area contributed by atoms with Gasteiger partial charge in [-0.25, -0.2) is 4.39 Å². The molecule has 0 aromatic heterocycles. The van der Waals surface area contributed by atoms with Crippen molar-refractivity contribution in [1.82, 2.24) is 0 Å². The maximum Gasteiger partial charge on any atom is 0.325 e. The van der Waals surface area contributed by atoms with Crippen LogP contribution in [-0.2, 0) is 4.79 Å². The van der Waals surface area contributed by atoms with E-state index in [1.807, 2.05) is 0 Å². The third-order valence-corrected chi connectivity index (χ3v) is 3.28. The van der Waals surface area contributed by atoms with E-state index in [-0.39, 0.29) is 11.6 Å². The Morgan fingerprint density at radius 2 is 2.29 bits per heavy atom. The van der Waals surface area contributed by atoms with E-state index in [0.717, 1.165) is 0 Å². The molecule has 3 N–H and O–H groups in total. The van der Waals surface area contributed by atoms with Crippen molar-refractivity contribution in [3.05, 3.63) is 29.0 Å². The first-order chi connectivity index (χ1) is 7.92. The summed E-state index contributed by atoms with van der Waals surface area (Å²) in [4.78, 5) is 12.8. The van der Waals surface area contributed by atoms with Crippen molar-refractivity contribution in [3.8, 4) is 0 Å². The summed E-state index contributed by atoms with van der Waals surface area (Å²) in [7, 11) is 0. The highest BCUT2D eigenvalue weighted by Crippen LogP contribution is 2.28. The van der Waals surface area contributed by atoms with Crippen molar-refractivity contribution in [2.45, 2.75) is 12.0 Å². The highest BCUT2D eigenvalue weighted by atomic mass is 35.5. The van der Waals surface area contributed by atoms with Gasteiger partial charge in [-0.15, -0.1) is 0 Å². The lowest BCUT2D eigenvalue weighted by molar-refractivity contribution is -0.142. The SMILES string of the molecule is NC1(C(=O)O)CCN(c2ccc(F)c(Cl)c2)C1. The Kier molecular flexibility index (Phi) is 2.97. The third kappa shape index (κ3) is 2.21. The maximum absolute atomic E-state index is 13.0. The zero-order chi connectivity index (χ0) is 12.6. The molecule has 0 amide bonds. The molecule has 0 saturated carbocycles. The summed E-state index contributed by atoms with van der Waals surface area (Å²) in [5.41, 5.74) is 5.20. The van der Waals surface area contributed by atoms with Gasteiger partial charge in [0.15, 0.2) is 0 Å². The fourth-order valence-corrected chi connectivity index (χ4v) is 2.08. The van der Waals surface area contributed by atoms with Crippen LogP contribution in [0.25, 0.3) is 0 Å². The molecule has 1 aromatic carbocycles. The van der Waals surface area contributed by atoms with Gasteiger partial charge in [0.1, 0.15) is 11.4 Å². The predicted octanol–water partition coefficient (Wildman–Crippen LogP) is 1.47. The van der Waals surface area contributed by atoms with E-state index in [4.69, 9.17) is 22.4 Å². The molecule has 1 saturated heterocycles. The Hall–Kier alpha value is -1.33. The van der Waals surface area contributed by atoms with Crippen molar-refractivity contribution in [2.24, 2.45) is 5.73 Å². The summed E-state index contributed by atoms with van der Waals surface area (Å²) in [6.07, 6.45) is 0.358. The van der Waals surface area contributed by atoms with Crippen LogP contribution in [0.1, 0.15) is 6.42 Å². The lowest BCUT2D eigenvalue weighted by Crippen LogP contribution is -2.50. The van der Waals surface area contributed by atoms with Crippen molar-refractivity contribution in [1.29, 1.82) is 0 Å². The number of aliphatic carboxylic acids is 1. The van der Waals surface area contributed by atoms with Crippen LogP contribution in [0.2, 0.25) is 5.02 Å². The van der Waals surface area contributed by atoms with Gasteiger partial charge in [-0.05, 0) is 24.6 Å². The highest BCUT2D eigenvalue weighted by molar-refractivity contribution is 6.31. The highest BCUT2D eigenvalue weighted by Gasteiger charge is 2.41. The minimum Gasteiger partial charge on any atom is -0.480 e. The smallest absolute Gasteiger partial charge is 0.325 e. The van der Waals surface area contributed by atoms with Gasteiger partial charge in [-0.1, -0.05) is 11.6 Å². The van der Waals surface area contributed by atoms with Crippen LogP contribution in [0.4, 0.5) is 10.1 Å². The zero-order valence-corrected chi connectivity index (χ0v) is 9.75. The van der Waals surface area contributed by atoms with E-state index in [1.165, 1.54) is 12.1 Å². The van der Waals surface area contributed by atoms with Crippen LogP contribution < -0.4 is 10.6 Å². The predicted molar refractivity (Wildman–Crippen MR) is 62.8 cm³/mol. The van der Waals surface area contributed by atoms with Crippen LogP contribution >= 0.6 is 11.6 Å². The second-order valence-electron chi connectivity index (χ2n) is 4.23. The van der Waals surface area contributed by atoms with Gasteiger partial charge in [-0.2, -0.15) is 0 Å². The third-order valence-electron chi connectivity index (χ3n) is 3.00. The standard InChI is InChI=1S/C11H12ClFN2O2/c12-8-5-7(1-2-9(8)13)15-4-3-11(14,6-15)10(16)17/h1-2,5H,3-4,6,14H2,(H,16,17). The Morgan fingerprint density at radius 3 is 2.82 bits per heavy atom. The fraction of sp³-hybridized carbons (Fsp3) is 0.364. The molecule has 6 heteroatoms. The summed E-state index contributed by atoms with van der Waals surface area (Å²) in [6, 6.07) is 4.30. The molecule has 4 nitrogen and oxygen atoms in total. The molecule has 1 atom stereocenters. The average Bonchev–Trinajstić information content (AvgIpc) is 2.67. The van der Waals surface area contributed by atoms with Gasteiger partial charge in [0.25, 0.3) is 0 Å². The zero-order valence-electron chi connectivity index (χ0n) is 8.99. The van der Waals surface area contributed by atoms with Crippen LogP contribution in [0.5, 0.6) is 0 Å². The molecule has 17 heavy (non-hydrogen) atoms. The molecule has 0 radical (unpaired) electrons. The number of anilines is 1. The van der Waals surface area contributed by atoms with E-state index in [1.54, 1.807) is 11.0 Å². The molecule has 2 rings (SSSR count). The van der Waals surface area contributed by atoms with Gasteiger partial charge < -0.3 is 15.7 Å². The second-order valence-corrected chi connectivity index (χ2v) is 4.64. The molecule has 92 valence electrons. The minimum atomic E-state index is -1.24. The number of rotatable bonds is 2.